The van der Waals surface area contributed by atoms with Gasteiger partial charge in [0, 0.05) is 13.5 Å². The van der Waals surface area contributed by atoms with Gasteiger partial charge in [-0.2, -0.15) is 0 Å². The van der Waals surface area contributed by atoms with E-state index < -0.39 is 0 Å². The highest BCUT2D eigenvalue weighted by atomic mass is 16.5. The van der Waals surface area contributed by atoms with Crippen molar-refractivity contribution in [1.82, 2.24) is 14.8 Å². The molecular formula is C12H16N4O. The van der Waals surface area contributed by atoms with Crippen LogP contribution in [0.3, 0.4) is 0 Å². The molecule has 0 aliphatic rings. The first-order chi connectivity index (χ1) is 8.11. The Kier molecular flexibility index (Phi) is 2.99. The molecule has 2 N–H and O–H groups in total. The first-order valence-corrected chi connectivity index (χ1v) is 5.39. The Morgan fingerprint density at radius 3 is 2.65 bits per heavy atom. The van der Waals surface area contributed by atoms with Gasteiger partial charge in [-0.1, -0.05) is 6.07 Å². The molecule has 2 aromatic rings. The molecule has 5 nitrogen and oxygen atoms in total. The maximum absolute atomic E-state index is 5.86. The molecule has 0 spiro atoms. The third kappa shape index (κ3) is 2.22. The average Bonchev–Trinajstić information content (AvgIpc) is 2.61. The third-order valence-corrected chi connectivity index (χ3v) is 2.84. The summed E-state index contributed by atoms with van der Waals surface area (Å²) in [5.74, 6) is 2.52. The molecule has 0 amide bonds. The van der Waals surface area contributed by atoms with Gasteiger partial charge in [-0.3, -0.25) is 0 Å². The SMILES string of the molecule is COc1ccc(Cc2nnc(C)n2C)cc1N. The normalized spacial score (nSPS) is 10.5. The van der Waals surface area contributed by atoms with Crippen molar-refractivity contribution in [3.05, 3.63) is 35.4 Å². The summed E-state index contributed by atoms with van der Waals surface area (Å²) >= 11 is 0. The lowest BCUT2D eigenvalue weighted by molar-refractivity contribution is 0.417. The molecule has 17 heavy (non-hydrogen) atoms. The molecular weight excluding hydrogens is 216 g/mol. The molecule has 0 fully saturated rings. The van der Waals surface area contributed by atoms with Gasteiger partial charge in [0.15, 0.2) is 0 Å². The molecule has 1 heterocycles. The zero-order valence-electron chi connectivity index (χ0n) is 10.3. The van der Waals surface area contributed by atoms with Gasteiger partial charge in [-0.25, -0.2) is 0 Å². The van der Waals surface area contributed by atoms with E-state index in [-0.39, 0.29) is 0 Å². The lowest BCUT2D eigenvalue weighted by atomic mass is 10.1. The van der Waals surface area contributed by atoms with Crippen LogP contribution in [-0.4, -0.2) is 21.9 Å². The van der Waals surface area contributed by atoms with Gasteiger partial charge < -0.3 is 15.0 Å². The predicted octanol–water partition coefficient (Wildman–Crippen LogP) is 1.31. The molecule has 1 aromatic carbocycles. The molecule has 0 radical (unpaired) electrons. The van der Waals surface area contributed by atoms with E-state index in [1.807, 2.05) is 36.7 Å². The second-order valence-corrected chi connectivity index (χ2v) is 3.98. The second kappa shape index (κ2) is 4.45. The summed E-state index contributed by atoms with van der Waals surface area (Å²) in [5, 5.41) is 8.15. The minimum atomic E-state index is 0.642. The van der Waals surface area contributed by atoms with Crippen LogP contribution in [0, 0.1) is 6.92 Å². The predicted molar refractivity (Wildman–Crippen MR) is 66.0 cm³/mol. The molecule has 0 saturated heterocycles. The van der Waals surface area contributed by atoms with Gasteiger partial charge in [0.1, 0.15) is 17.4 Å². The second-order valence-electron chi connectivity index (χ2n) is 3.98. The maximum Gasteiger partial charge on any atom is 0.141 e. The van der Waals surface area contributed by atoms with Crippen LogP contribution in [0.1, 0.15) is 17.2 Å². The van der Waals surface area contributed by atoms with Gasteiger partial charge in [0.05, 0.1) is 12.8 Å². The van der Waals surface area contributed by atoms with E-state index in [1.54, 1.807) is 7.11 Å². The zero-order chi connectivity index (χ0) is 12.4. The Labute approximate surface area is 100 Å². The number of aromatic nitrogens is 3. The summed E-state index contributed by atoms with van der Waals surface area (Å²) in [4.78, 5) is 0. The van der Waals surface area contributed by atoms with E-state index in [4.69, 9.17) is 10.5 Å². The van der Waals surface area contributed by atoms with E-state index >= 15 is 0 Å². The van der Waals surface area contributed by atoms with E-state index in [2.05, 4.69) is 10.2 Å². The van der Waals surface area contributed by atoms with Crippen LogP contribution in [0.4, 0.5) is 5.69 Å². The molecule has 0 atom stereocenters. The number of aryl methyl sites for hydroxylation is 1. The molecule has 0 aliphatic heterocycles. The molecule has 2 rings (SSSR count). The van der Waals surface area contributed by atoms with Gasteiger partial charge in [-0.15, -0.1) is 10.2 Å². The topological polar surface area (TPSA) is 66.0 Å². The number of nitrogen functional groups attached to an aromatic ring is 1. The highest BCUT2D eigenvalue weighted by Crippen LogP contribution is 2.22. The Morgan fingerprint density at radius 1 is 1.35 bits per heavy atom. The first kappa shape index (κ1) is 11.4. The Balaban J connectivity index is 2.25. The van der Waals surface area contributed by atoms with Crippen LogP contribution in [0.2, 0.25) is 0 Å². The fourth-order valence-corrected chi connectivity index (χ4v) is 1.68. The number of nitrogens with zero attached hydrogens (tertiary/aromatic N) is 3. The number of anilines is 1. The van der Waals surface area contributed by atoms with Crippen LogP contribution in [0.25, 0.3) is 0 Å². The van der Waals surface area contributed by atoms with Crippen molar-refractivity contribution in [2.45, 2.75) is 13.3 Å². The van der Waals surface area contributed by atoms with Crippen LogP contribution in [0.15, 0.2) is 18.2 Å². The summed E-state index contributed by atoms with van der Waals surface area (Å²) in [6.07, 6.45) is 0.714. The van der Waals surface area contributed by atoms with E-state index in [1.165, 1.54) is 0 Å². The molecule has 1 aromatic heterocycles. The van der Waals surface area contributed by atoms with Crippen molar-refractivity contribution in [3.8, 4) is 5.75 Å². The number of hydrogen-bond donors (Lipinski definition) is 1. The number of nitrogens with two attached hydrogens (primary N) is 1. The molecule has 0 saturated carbocycles. The number of ether oxygens (including phenoxy) is 1. The zero-order valence-corrected chi connectivity index (χ0v) is 10.3. The number of rotatable bonds is 3. The number of hydrogen-bond acceptors (Lipinski definition) is 4. The molecule has 0 unspecified atom stereocenters. The van der Waals surface area contributed by atoms with E-state index in [9.17, 15) is 0 Å². The van der Waals surface area contributed by atoms with Gasteiger partial charge >= 0.3 is 0 Å². The standard InChI is InChI=1S/C12H16N4O/c1-8-14-15-12(16(8)2)7-9-4-5-11(17-3)10(13)6-9/h4-6H,7,13H2,1-3H3. The third-order valence-electron chi connectivity index (χ3n) is 2.84. The smallest absolute Gasteiger partial charge is 0.141 e. The molecule has 0 bridgehead atoms. The monoisotopic (exact) mass is 232 g/mol. The summed E-state index contributed by atoms with van der Waals surface area (Å²) in [6, 6.07) is 5.76. The minimum absolute atomic E-state index is 0.642. The summed E-state index contributed by atoms with van der Waals surface area (Å²) < 4.78 is 7.09. The molecule has 0 aliphatic carbocycles. The highest BCUT2D eigenvalue weighted by Gasteiger charge is 2.07. The van der Waals surface area contributed by atoms with Gasteiger partial charge in [-0.05, 0) is 24.6 Å². The number of benzene rings is 1. The first-order valence-electron chi connectivity index (χ1n) is 5.39. The Hall–Kier alpha value is -2.04. The van der Waals surface area contributed by atoms with Crippen molar-refractivity contribution in [3.63, 3.8) is 0 Å². The minimum Gasteiger partial charge on any atom is -0.495 e. The van der Waals surface area contributed by atoms with Crippen molar-refractivity contribution < 1.29 is 4.74 Å². The fraction of sp³-hybridized carbons (Fsp3) is 0.333. The fourth-order valence-electron chi connectivity index (χ4n) is 1.68. The van der Waals surface area contributed by atoms with Crippen molar-refractivity contribution >= 4 is 5.69 Å². The summed E-state index contributed by atoms with van der Waals surface area (Å²) in [7, 11) is 3.56. The lowest BCUT2D eigenvalue weighted by Crippen LogP contribution is -2.01. The van der Waals surface area contributed by atoms with Crippen molar-refractivity contribution in [1.29, 1.82) is 0 Å². The van der Waals surface area contributed by atoms with Crippen LogP contribution < -0.4 is 10.5 Å². The summed E-state index contributed by atoms with van der Waals surface area (Å²) in [6.45, 7) is 1.93. The Bertz CT molecular complexity index is 533. The van der Waals surface area contributed by atoms with E-state index in [0.29, 0.717) is 17.9 Å². The Morgan fingerprint density at radius 2 is 2.12 bits per heavy atom. The van der Waals surface area contributed by atoms with Crippen LogP contribution >= 0.6 is 0 Å². The quantitative estimate of drug-likeness (QED) is 0.810. The summed E-state index contributed by atoms with van der Waals surface area (Å²) in [5.41, 5.74) is 7.60. The highest BCUT2D eigenvalue weighted by molar-refractivity contribution is 5.54. The maximum atomic E-state index is 5.86. The van der Waals surface area contributed by atoms with Crippen molar-refractivity contribution in [2.75, 3.05) is 12.8 Å². The van der Waals surface area contributed by atoms with E-state index in [0.717, 1.165) is 17.2 Å². The average molecular weight is 232 g/mol. The van der Waals surface area contributed by atoms with Crippen LogP contribution in [-0.2, 0) is 13.5 Å². The van der Waals surface area contributed by atoms with Gasteiger partial charge in [0.2, 0.25) is 0 Å². The van der Waals surface area contributed by atoms with Crippen LogP contribution in [0.5, 0.6) is 5.75 Å². The molecule has 5 heteroatoms. The largest absolute Gasteiger partial charge is 0.495 e. The van der Waals surface area contributed by atoms with Crippen molar-refractivity contribution in [2.24, 2.45) is 7.05 Å². The number of methoxy groups -OCH3 is 1. The lowest BCUT2D eigenvalue weighted by Gasteiger charge is -2.07. The van der Waals surface area contributed by atoms with Gasteiger partial charge in [0.25, 0.3) is 0 Å². The molecule has 90 valence electrons.